The molecule has 1 aliphatic heterocycles. The lowest BCUT2D eigenvalue weighted by atomic mass is 10.1. The molecular weight excluding hydrogens is 274 g/mol. The second kappa shape index (κ2) is 4.94. The van der Waals surface area contributed by atoms with Crippen LogP contribution in [0.3, 0.4) is 0 Å². The summed E-state index contributed by atoms with van der Waals surface area (Å²) in [6.07, 6.45) is 4.77. The van der Waals surface area contributed by atoms with Crippen LogP contribution < -0.4 is 11.1 Å². The Labute approximate surface area is 118 Å². The first-order chi connectivity index (χ1) is 9.55. The molecule has 0 radical (unpaired) electrons. The smallest absolute Gasteiger partial charge is 0.150 e. The minimum absolute atomic E-state index is 0.167. The molecule has 0 amide bonds. The van der Waals surface area contributed by atoms with E-state index in [2.05, 4.69) is 10.3 Å². The molecule has 0 saturated carbocycles. The van der Waals surface area contributed by atoms with Gasteiger partial charge in [0.1, 0.15) is 9.84 Å². The minimum Gasteiger partial charge on any atom is -0.397 e. The zero-order valence-electron chi connectivity index (χ0n) is 11.0. The lowest BCUT2D eigenvalue weighted by Gasteiger charge is -2.25. The number of aromatic nitrogens is 1. The van der Waals surface area contributed by atoms with Crippen molar-refractivity contribution in [3.8, 4) is 0 Å². The highest BCUT2D eigenvalue weighted by Crippen LogP contribution is 2.29. The number of nitrogens with two attached hydrogens (primary N) is 1. The number of benzene rings is 1. The van der Waals surface area contributed by atoms with Crippen molar-refractivity contribution in [3.63, 3.8) is 0 Å². The molecule has 1 aromatic carbocycles. The van der Waals surface area contributed by atoms with Crippen LogP contribution in [-0.4, -0.2) is 30.9 Å². The molecule has 0 bridgehead atoms. The van der Waals surface area contributed by atoms with E-state index in [-0.39, 0.29) is 17.5 Å². The first kappa shape index (κ1) is 13.2. The maximum Gasteiger partial charge on any atom is 0.150 e. The van der Waals surface area contributed by atoms with Gasteiger partial charge in [-0.25, -0.2) is 8.42 Å². The number of nitrogens with zero attached hydrogens (tertiary/aromatic N) is 1. The van der Waals surface area contributed by atoms with Crippen LogP contribution in [-0.2, 0) is 9.84 Å². The van der Waals surface area contributed by atoms with Crippen molar-refractivity contribution in [1.82, 2.24) is 4.98 Å². The molecule has 2 heterocycles. The van der Waals surface area contributed by atoms with Crippen LogP contribution in [0, 0.1) is 0 Å². The summed E-state index contributed by atoms with van der Waals surface area (Å²) >= 11 is 0. The van der Waals surface area contributed by atoms with Gasteiger partial charge in [-0.3, -0.25) is 4.98 Å². The summed E-state index contributed by atoms with van der Waals surface area (Å²) < 4.78 is 22.9. The summed E-state index contributed by atoms with van der Waals surface area (Å²) in [5.41, 5.74) is 7.74. The number of sulfone groups is 1. The Morgan fingerprint density at radius 3 is 2.70 bits per heavy atom. The molecule has 1 fully saturated rings. The van der Waals surface area contributed by atoms with Gasteiger partial charge in [0, 0.05) is 29.2 Å². The predicted molar refractivity (Wildman–Crippen MR) is 81.5 cm³/mol. The van der Waals surface area contributed by atoms with E-state index in [1.165, 1.54) is 0 Å². The van der Waals surface area contributed by atoms with E-state index in [0.29, 0.717) is 18.5 Å². The summed E-state index contributed by atoms with van der Waals surface area (Å²) in [4.78, 5) is 4.07. The molecule has 3 N–H and O–H groups in total. The molecule has 1 aliphatic rings. The van der Waals surface area contributed by atoms with Gasteiger partial charge in [-0.15, -0.1) is 0 Å². The van der Waals surface area contributed by atoms with Crippen molar-refractivity contribution in [2.75, 3.05) is 22.6 Å². The quantitative estimate of drug-likeness (QED) is 0.824. The Morgan fingerprint density at radius 1 is 1.20 bits per heavy atom. The predicted octanol–water partition coefficient (Wildman–Crippen LogP) is 1.81. The fourth-order valence-electron chi connectivity index (χ4n) is 2.57. The molecule has 3 rings (SSSR count). The fourth-order valence-corrected chi connectivity index (χ4v) is 4.06. The number of pyridine rings is 1. The van der Waals surface area contributed by atoms with E-state index in [9.17, 15) is 8.42 Å². The van der Waals surface area contributed by atoms with Crippen molar-refractivity contribution in [3.05, 3.63) is 30.6 Å². The zero-order chi connectivity index (χ0) is 14.2. The summed E-state index contributed by atoms with van der Waals surface area (Å²) in [5.74, 6) is 0.504. The van der Waals surface area contributed by atoms with Crippen molar-refractivity contribution in [2.24, 2.45) is 0 Å². The molecule has 1 aromatic heterocycles. The van der Waals surface area contributed by atoms with E-state index < -0.39 is 9.84 Å². The van der Waals surface area contributed by atoms with Crippen LogP contribution in [0.25, 0.3) is 10.8 Å². The molecule has 0 spiro atoms. The van der Waals surface area contributed by atoms with Gasteiger partial charge in [-0.2, -0.15) is 0 Å². The average molecular weight is 291 g/mol. The summed E-state index contributed by atoms with van der Waals surface area (Å²) in [5, 5.41) is 5.34. The van der Waals surface area contributed by atoms with Crippen LogP contribution in [0.5, 0.6) is 0 Å². The summed E-state index contributed by atoms with van der Waals surface area (Å²) in [6.45, 7) is 0. The van der Waals surface area contributed by atoms with Gasteiger partial charge in [0.25, 0.3) is 0 Å². The average Bonchev–Trinajstić information content (AvgIpc) is 2.44. The largest absolute Gasteiger partial charge is 0.397 e. The molecule has 6 heteroatoms. The Morgan fingerprint density at radius 2 is 1.95 bits per heavy atom. The van der Waals surface area contributed by atoms with Gasteiger partial charge in [0.2, 0.25) is 0 Å². The highest BCUT2D eigenvalue weighted by molar-refractivity contribution is 7.91. The maximum atomic E-state index is 11.4. The lowest BCUT2D eigenvalue weighted by Crippen LogP contribution is -2.32. The molecule has 5 nitrogen and oxygen atoms in total. The molecule has 2 aromatic rings. The van der Waals surface area contributed by atoms with Crippen LogP contribution in [0.4, 0.5) is 11.4 Å². The van der Waals surface area contributed by atoms with E-state index in [0.717, 1.165) is 16.5 Å². The van der Waals surface area contributed by atoms with Crippen LogP contribution in [0.1, 0.15) is 12.8 Å². The Hall–Kier alpha value is -1.82. The van der Waals surface area contributed by atoms with Crippen molar-refractivity contribution >= 4 is 32.0 Å². The first-order valence-electron chi connectivity index (χ1n) is 6.64. The maximum absolute atomic E-state index is 11.4. The van der Waals surface area contributed by atoms with Crippen LogP contribution in [0.15, 0.2) is 30.6 Å². The number of nitrogens with one attached hydrogen (secondary N) is 1. The standard InChI is InChI=1S/C14H17N3O2S/c15-14-12-3-6-16-9-10(12)1-2-13(14)17-11-4-7-20(18,19)8-5-11/h1-3,6,9,11,17H,4-5,7-8,15H2. The summed E-state index contributed by atoms with van der Waals surface area (Å²) in [7, 11) is -2.83. The second-order valence-corrected chi connectivity index (χ2v) is 7.50. The molecule has 0 unspecified atom stereocenters. The van der Waals surface area contributed by atoms with E-state index in [1.807, 2.05) is 18.2 Å². The van der Waals surface area contributed by atoms with Gasteiger partial charge >= 0.3 is 0 Å². The monoisotopic (exact) mass is 291 g/mol. The Balaban J connectivity index is 1.83. The number of hydrogen-bond acceptors (Lipinski definition) is 5. The van der Waals surface area contributed by atoms with Gasteiger partial charge in [-0.1, -0.05) is 6.07 Å². The highest BCUT2D eigenvalue weighted by atomic mass is 32.2. The second-order valence-electron chi connectivity index (χ2n) is 5.19. The number of rotatable bonds is 2. The molecular formula is C14H17N3O2S. The normalized spacial score (nSPS) is 19.0. The third kappa shape index (κ3) is 2.56. The number of fused-ring (bicyclic) bond motifs is 1. The Kier molecular flexibility index (Phi) is 3.25. The van der Waals surface area contributed by atoms with Crippen molar-refractivity contribution in [1.29, 1.82) is 0 Å². The zero-order valence-corrected chi connectivity index (χ0v) is 11.9. The third-order valence-corrected chi connectivity index (χ3v) is 5.49. The molecule has 1 saturated heterocycles. The van der Waals surface area contributed by atoms with Crippen molar-refractivity contribution < 1.29 is 8.42 Å². The fraction of sp³-hybridized carbons (Fsp3) is 0.357. The number of anilines is 2. The van der Waals surface area contributed by atoms with E-state index >= 15 is 0 Å². The molecule has 20 heavy (non-hydrogen) atoms. The number of hydrogen-bond donors (Lipinski definition) is 2. The third-order valence-electron chi connectivity index (χ3n) is 3.78. The molecule has 0 atom stereocenters. The van der Waals surface area contributed by atoms with Gasteiger partial charge < -0.3 is 11.1 Å². The van der Waals surface area contributed by atoms with Crippen LogP contribution >= 0.6 is 0 Å². The Bertz CT molecular complexity index is 729. The SMILES string of the molecule is Nc1c(NC2CCS(=O)(=O)CC2)ccc2cnccc12. The van der Waals surface area contributed by atoms with Crippen molar-refractivity contribution in [2.45, 2.75) is 18.9 Å². The lowest BCUT2D eigenvalue weighted by molar-refractivity contribution is 0.559. The van der Waals surface area contributed by atoms with Gasteiger partial charge in [-0.05, 0) is 25.0 Å². The first-order valence-corrected chi connectivity index (χ1v) is 8.46. The minimum atomic E-state index is -2.83. The van der Waals surface area contributed by atoms with Gasteiger partial charge in [0.05, 0.1) is 22.9 Å². The van der Waals surface area contributed by atoms with Crippen LogP contribution in [0.2, 0.25) is 0 Å². The molecule has 0 aliphatic carbocycles. The topological polar surface area (TPSA) is 85.1 Å². The highest BCUT2D eigenvalue weighted by Gasteiger charge is 2.23. The molecule has 106 valence electrons. The summed E-state index contributed by atoms with van der Waals surface area (Å²) in [6, 6.07) is 5.96. The van der Waals surface area contributed by atoms with E-state index in [4.69, 9.17) is 5.73 Å². The number of nitrogen functional groups attached to an aromatic ring is 1. The van der Waals surface area contributed by atoms with E-state index in [1.54, 1.807) is 12.4 Å². The van der Waals surface area contributed by atoms with Gasteiger partial charge in [0.15, 0.2) is 0 Å².